The van der Waals surface area contributed by atoms with Crippen LogP contribution in [0.1, 0.15) is 50.1 Å². The molecule has 0 spiro atoms. The lowest BCUT2D eigenvalue weighted by molar-refractivity contribution is 0.218. The summed E-state index contributed by atoms with van der Waals surface area (Å²) in [5.74, 6) is 1.71. The van der Waals surface area contributed by atoms with Crippen molar-refractivity contribution in [3.63, 3.8) is 0 Å². The van der Waals surface area contributed by atoms with Gasteiger partial charge in [-0.1, -0.05) is 51.1 Å². The summed E-state index contributed by atoms with van der Waals surface area (Å²) in [4.78, 5) is 14.2. The van der Waals surface area contributed by atoms with Crippen LogP contribution in [-0.4, -0.2) is 16.5 Å². The van der Waals surface area contributed by atoms with E-state index in [1.807, 2.05) is 11.3 Å². The number of nitrogens with zero attached hydrogens (tertiary/aromatic N) is 3. The van der Waals surface area contributed by atoms with E-state index in [1.165, 1.54) is 27.8 Å². The van der Waals surface area contributed by atoms with Gasteiger partial charge >= 0.3 is 0 Å². The van der Waals surface area contributed by atoms with Crippen LogP contribution in [0.2, 0.25) is 5.28 Å². The highest BCUT2D eigenvalue weighted by Gasteiger charge is 2.32. The van der Waals surface area contributed by atoms with Crippen molar-refractivity contribution < 1.29 is 0 Å². The fourth-order valence-corrected chi connectivity index (χ4v) is 5.75. The van der Waals surface area contributed by atoms with Crippen molar-refractivity contribution in [1.82, 2.24) is 9.97 Å². The molecule has 0 N–H and O–H groups in total. The lowest BCUT2D eigenvalue weighted by Crippen LogP contribution is -2.26. The molecule has 3 aromatic rings. The molecule has 4 rings (SSSR count). The molecule has 1 aliphatic rings. The molecule has 1 atom stereocenters. The van der Waals surface area contributed by atoms with Crippen molar-refractivity contribution in [1.29, 1.82) is 0 Å². The first-order chi connectivity index (χ1) is 13.4. The topological polar surface area (TPSA) is 29.0 Å². The summed E-state index contributed by atoms with van der Waals surface area (Å²) < 4.78 is 0. The van der Waals surface area contributed by atoms with E-state index in [0.29, 0.717) is 16.6 Å². The van der Waals surface area contributed by atoms with Gasteiger partial charge in [-0.2, -0.15) is 4.98 Å². The van der Waals surface area contributed by atoms with Gasteiger partial charge in [-0.25, -0.2) is 4.98 Å². The van der Waals surface area contributed by atoms with Crippen LogP contribution in [0, 0.1) is 11.3 Å². The van der Waals surface area contributed by atoms with Crippen molar-refractivity contribution >= 4 is 39.0 Å². The highest BCUT2D eigenvalue weighted by Crippen LogP contribution is 2.45. The number of thiophene rings is 1. The van der Waals surface area contributed by atoms with E-state index < -0.39 is 0 Å². The molecule has 1 aliphatic carbocycles. The summed E-state index contributed by atoms with van der Waals surface area (Å²) in [6.45, 7) is 11.0. The van der Waals surface area contributed by atoms with Gasteiger partial charge in [0.2, 0.25) is 5.28 Å². The van der Waals surface area contributed by atoms with Crippen molar-refractivity contribution in [3.8, 4) is 0 Å². The fourth-order valence-electron chi connectivity index (χ4n) is 4.24. The van der Waals surface area contributed by atoms with Crippen molar-refractivity contribution in [3.05, 3.63) is 51.6 Å². The maximum Gasteiger partial charge on any atom is 0.225 e. The minimum atomic E-state index is 0.336. The average molecular weight is 414 g/mol. The first-order valence-corrected chi connectivity index (χ1v) is 11.3. The monoisotopic (exact) mass is 413 g/mol. The van der Waals surface area contributed by atoms with Gasteiger partial charge in [0, 0.05) is 18.0 Å². The van der Waals surface area contributed by atoms with Crippen LogP contribution in [0.3, 0.4) is 0 Å². The minimum absolute atomic E-state index is 0.336. The molecular weight excluding hydrogens is 386 g/mol. The van der Waals surface area contributed by atoms with Gasteiger partial charge in [-0.3, -0.25) is 0 Å². The van der Waals surface area contributed by atoms with Crippen molar-refractivity contribution in [2.75, 3.05) is 11.4 Å². The predicted molar refractivity (Wildman–Crippen MR) is 121 cm³/mol. The Labute approximate surface area is 176 Å². The van der Waals surface area contributed by atoms with Crippen molar-refractivity contribution in [2.24, 2.45) is 11.3 Å². The average Bonchev–Trinajstić information content (AvgIpc) is 3.03. The Morgan fingerprint density at radius 1 is 1.18 bits per heavy atom. The van der Waals surface area contributed by atoms with Gasteiger partial charge in [0.15, 0.2) is 0 Å². The third kappa shape index (κ3) is 3.77. The minimum Gasteiger partial charge on any atom is -0.352 e. The van der Waals surface area contributed by atoms with E-state index >= 15 is 0 Å². The van der Waals surface area contributed by atoms with Crippen LogP contribution in [0.15, 0.2) is 30.3 Å². The number of aryl methyl sites for hydroxylation is 1. The SMILES string of the molecule is CCN(Cc1ccccc1)c1nc(Cl)nc2sc3c(c12)CCC(C(C)(C)C)C3. The normalized spacial score (nSPS) is 17.0. The zero-order chi connectivity index (χ0) is 19.9. The number of anilines is 1. The number of fused-ring (bicyclic) bond motifs is 3. The summed E-state index contributed by atoms with van der Waals surface area (Å²) in [6, 6.07) is 10.6. The summed E-state index contributed by atoms with van der Waals surface area (Å²) in [7, 11) is 0. The first-order valence-electron chi connectivity index (χ1n) is 10.1. The zero-order valence-electron chi connectivity index (χ0n) is 17.1. The van der Waals surface area contributed by atoms with E-state index in [-0.39, 0.29) is 0 Å². The number of rotatable bonds is 4. The summed E-state index contributed by atoms with van der Waals surface area (Å²) in [5, 5.41) is 1.58. The lowest BCUT2D eigenvalue weighted by Gasteiger charge is -2.34. The van der Waals surface area contributed by atoms with E-state index in [9.17, 15) is 0 Å². The highest BCUT2D eigenvalue weighted by molar-refractivity contribution is 7.19. The van der Waals surface area contributed by atoms with Crippen LogP contribution < -0.4 is 4.90 Å². The Balaban J connectivity index is 1.78. The highest BCUT2D eigenvalue weighted by atomic mass is 35.5. The largest absolute Gasteiger partial charge is 0.352 e. The van der Waals surface area contributed by atoms with Gasteiger partial charge in [0.25, 0.3) is 0 Å². The molecular formula is C23H28ClN3S. The molecule has 0 radical (unpaired) electrons. The van der Waals surface area contributed by atoms with Crippen LogP contribution >= 0.6 is 22.9 Å². The Bertz CT molecular complexity index is 975. The van der Waals surface area contributed by atoms with Crippen LogP contribution in [0.4, 0.5) is 5.82 Å². The number of benzene rings is 1. The lowest BCUT2D eigenvalue weighted by atomic mass is 9.72. The van der Waals surface area contributed by atoms with E-state index in [4.69, 9.17) is 16.6 Å². The number of hydrogen-bond donors (Lipinski definition) is 0. The van der Waals surface area contributed by atoms with Crippen LogP contribution in [0.25, 0.3) is 10.2 Å². The quantitative estimate of drug-likeness (QED) is 0.455. The van der Waals surface area contributed by atoms with Gasteiger partial charge in [0.05, 0.1) is 5.39 Å². The second kappa shape index (κ2) is 7.64. The van der Waals surface area contributed by atoms with Gasteiger partial charge in [-0.15, -0.1) is 11.3 Å². The summed E-state index contributed by atoms with van der Waals surface area (Å²) in [6.07, 6.45) is 3.48. The molecule has 28 heavy (non-hydrogen) atoms. The smallest absolute Gasteiger partial charge is 0.225 e. The number of aromatic nitrogens is 2. The molecule has 3 nitrogen and oxygen atoms in total. The Morgan fingerprint density at radius 3 is 2.61 bits per heavy atom. The third-order valence-corrected chi connectivity index (χ3v) is 7.30. The Morgan fingerprint density at radius 2 is 1.93 bits per heavy atom. The van der Waals surface area contributed by atoms with Gasteiger partial charge in [-0.05, 0) is 60.2 Å². The molecule has 2 heterocycles. The predicted octanol–water partition coefficient (Wildman–Crippen LogP) is 6.52. The van der Waals surface area contributed by atoms with Gasteiger partial charge in [0.1, 0.15) is 10.6 Å². The van der Waals surface area contributed by atoms with E-state index in [1.54, 1.807) is 0 Å². The molecule has 0 saturated heterocycles. The molecule has 2 aromatic heterocycles. The standard InChI is InChI=1S/C23H28ClN3S/c1-5-27(14-15-9-7-6-8-10-15)20-19-17-12-11-16(23(2,3)4)13-18(17)28-21(19)26-22(24)25-20/h6-10,16H,5,11-14H2,1-4H3. The molecule has 0 saturated carbocycles. The zero-order valence-corrected chi connectivity index (χ0v) is 18.7. The van der Waals surface area contributed by atoms with Gasteiger partial charge < -0.3 is 4.90 Å². The van der Waals surface area contributed by atoms with E-state index in [0.717, 1.165) is 36.6 Å². The molecule has 1 aromatic carbocycles. The maximum atomic E-state index is 6.35. The van der Waals surface area contributed by atoms with Crippen LogP contribution in [0.5, 0.6) is 0 Å². The molecule has 0 fully saturated rings. The molecule has 0 amide bonds. The molecule has 148 valence electrons. The van der Waals surface area contributed by atoms with E-state index in [2.05, 4.69) is 67.9 Å². The molecule has 1 unspecified atom stereocenters. The Kier molecular flexibility index (Phi) is 5.36. The first kappa shape index (κ1) is 19.7. The summed E-state index contributed by atoms with van der Waals surface area (Å²) in [5.41, 5.74) is 3.07. The second-order valence-electron chi connectivity index (χ2n) is 8.81. The van der Waals surface area contributed by atoms with Crippen LogP contribution in [-0.2, 0) is 19.4 Å². The number of hydrogen-bond acceptors (Lipinski definition) is 4. The third-order valence-electron chi connectivity index (χ3n) is 5.98. The maximum absolute atomic E-state index is 6.35. The Hall–Kier alpha value is -1.65. The number of halogens is 1. The fraction of sp³-hybridized carbons (Fsp3) is 0.478. The summed E-state index contributed by atoms with van der Waals surface area (Å²) >= 11 is 8.17. The molecule has 0 aliphatic heterocycles. The second-order valence-corrected chi connectivity index (χ2v) is 10.2. The molecule has 5 heteroatoms. The van der Waals surface area contributed by atoms with Crippen molar-refractivity contribution in [2.45, 2.75) is 53.5 Å². The molecule has 0 bridgehead atoms.